The summed E-state index contributed by atoms with van der Waals surface area (Å²) in [4.78, 5) is 72.8. The van der Waals surface area contributed by atoms with Crippen LogP contribution in [0.1, 0.15) is 349 Å². The lowest BCUT2D eigenvalue weighted by molar-refractivity contribution is -0.161. The molecule has 19 heteroatoms. The third-order valence-corrected chi connectivity index (χ3v) is 18.4. The van der Waals surface area contributed by atoms with E-state index in [0.717, 1.165) is 154 Å². The molecule has 0 aromatic rings. The molecule has 0 saturated heterocycles. The number of carbonyl (C=O) groups excluding carboxylic acids is 4. The van der Waals surface area contributed by atoms with Crippen molar-refractivity contribution in [1.82, 2.24) is 0 Å². The number of unbranched alkanes of at least 4 members (excludes halogenated alkanes) is 38. The van der Waals surface area contributed by atoms with Crippen LogP contribution in [0.15, 0.2) is 60.8 Å². The molecule has 0 aromatic carbocycles. The number of aliphatic hydroxyl groups excluding tert-OH is 1. The Kier molecular flexibility index (Phi) is 67.8. The summed E-state index contributed by atoms with van der Waals surface area (Å²) in [5.74, 6) is -2.19. The molecule has 0 heterocycles. The van der Waals surface area contributed by atoms with Gasteiger partial charge in [-0.2, -0.15) is 0 Å². The average molecular weight is 1400 g/mol. The summed E-state index contributed by atoms with van der Waals surface area (Å²) in [7, 11) is -9.94. The molecule has 5 atom stereocenters. The number of carbonyl (C=O) groups is 4. The van der Waals surface area contributed by atoms with Gasteiger partial charge in [-0.05, 0) is 128 Å². The van der Waals surface area contributed by atoms with Gasteiger partial charge in [-0.1, -0.05) is 255 Å². The molecule has 0 aliphatic heterocycles. The van der Waals surface area contributed by atoms with Gasteiger partial charge < -0.3 is 33.8 Å². The van der Waals surface area contributed by atoms with E-state index in [1.807, 2.05) is 0 Å². The number of rotatable bonds is 73. The Morgan fingerprint density at radius 2 is 0.510 bits per heavy atom. The number of ether oxygens (including phenoxy) is 4. The number of aliphatic hydroxyl groups is 1. The number of allylic oxidation sites excluding steroid dienone is 10. The van der Waals surface area contributed by atoms with Gasteiger partial charge in [0.15, 0.2) is 12.2 Å². The molecule has 0 spiro atoms. The van der Waals surface area contributed by atoms with Crippen LogP contribution in [0.2, 0.25) is 0 Å². The Balaban J connectivity index is 5.35. The van der Waals surface area contributed by atoms with Gasteiger partial charge >= 0.3 is 39.5 Å². The van der Waals surface area contributed by atoms with Crippen molar-refractivity contribution in [2.24, 2.45) is 0 Å². The minimum atomic E-state index is -4.97. The molecule has 0 fully saturated rings. The smallest absolute Gasteiger partial charge is 0.462 e. The van der Waals surface area contributed by atoms with Crippen molar-refractivity contribution in [3.8, 4) is 0 Å². The number of phosphoric ester groups is 2. The average Bonchev–Trinajstić information content (AvgIpc) is 1.19. The van der Waals surface area contributed by atoms with Crippen LogP contribution in [-0.4, -0.2) is 96.7 Å². The Labute approximate surface area is 584 Å². The van der Waals surface area contributed by atoms with Gasteiger partial charge in [0.1, 0.15) is 19.3 Å². The second-order valence-corrected chi connectivity index (χ2v) is 28.9. The van der Waals surface area contributed by atoms with Crippen LogP contribution >= 0.6 is 15.6 Å². The van der Waals surface area contributed by atoms with Crippen LogP contribution in [0.25, 0.3) is 0 Å². The topological polar surface area (TPSA) is 237 Å². The van der Waals surface area contributed by atoms with Crippen molar-refractivity contribution in [1.29, 1.82) is 0 Å². The minimum absolute atomic E-state index is 0.0791. The van der Waals surface area contributed by atoms with Crippen LogP contribution in [0.4, 0.5) is 0 Å². The minimum Gasteiger partial charge on any atom is -0.462 e. The summed E-state index contributed by atoms with van der Waals surface area (Å²) in [5, 5.41) is 10.6. The van der Waals surface area contributed by atoms with Crippen LogP contribution in [0.5, 0.6) is 0 Å². The zero-order valence-corrected chi connectivity index (χ0v) is 62.8. The van der Waals surface area contributed by atoms with Gasteiger partial charge in [0, 0.05) is 25.7 Å². The van der Waals surface area contributed by atoms with Crippen molar-refractivity contribution in [3.05, 3.63) is 60.8 Å². The van der Waals surface area contributed by atoms with Crippen molar-refractivity contribution in [3.63, 3.8) is 0 Å². The molecule has 0 aliphatic rings. The molecule has 2 unspecified atom stereocenters. The lowest BCUT2D eigenvalue weighted by atomic mass is 10.1. The molecule has 0 amide bonds. The van der Waals surface area contributed by atoms with Crippen LogP contribution in [0.3, 0.4) is 0 Å². The summed E-state index contributed by atoms with van der Waals surface area (Å²) in [6.07, 6.45) is 67.7. The van der Waals surface area contributed by atoms with E-state index in [4.69, 9.17) is 37.0 Å². The standard InChI is InChI=1S/C77H140O17P2/c1-5-9-13-17-21-25-29-33-35-39-43-47-51-55-59-63-76(81)93-72(67-87-74(79)61-57-53-49-45-41-37-31-27-23-19-15-11-7-3)69-91-95(83,84)89-65-71(78)66-90-96(85,86)92-70-73(68-88-75(80)62-58-54-50-46-42-38-32-28-24-20-16-12-8-4)94-77(82)64-60-56-52-48-44-40-36-34-30-26-22-18-14-10-6-2/h25,27-29,31-36,71-73,78H,5-24,26,30,37-70H2,1-4H3,(H,83,84)(H,85,86)/b29-25-,31-27-,32-28-,35-33-,36-34-/t71-,72-,73-/m1/s1. The van der Waals surface area contributed by atoms with Gasteiger partial charge in [-0.15, -0.1) is 0 Å². The van der Waals surface area contributed by atoms with Crippen LogP contribution in [-0.2, 0) is 65.4 Å². The zero-order valence-electron chi connectivity index (χ0n) is 61.1. The third-order valence-electron chi connectivity index (χ3n) is 16.5. The number of phosphoric acid groups is 2. The zero-order chi connectivity index (χ0) is 70.4. The molecule has 0 aromatic heterocycles. The van der Waals surface area contributed by atoms with E-state index in [-0.39, 0.29) is 25.7 Å². The van der Waals surface area contributed by atoms with E-state index in [0.29, 0.717) is 25.7 Å². The van der Waals surface area contributed by atoms with Crippen molar-refractivity contribution < 1.29 is 80.2 Å². The van der Waals surface area contributed by atoms with E-state index in [1.54, 1.807) is 0 Å². The fourth-order valence-electron chi connectivity index (χ4n) is 10.5. The molecule has 0 saturated carbocycles. The van der Waals surface area contributed by atoms with Gasteiger partial charge in [0.2, 0.25) is 0 Å². The summed E-state index contributed by atoms with van der Waals surface area (Å²) >= 11 is 0. The first-order chi connectivity index (χ1) is 46.7. The SMILES string of the molecule is CCCCCC/C=C\C=C/CCCCCCCC(=O)O[C@H](COC(=O)CCCCCCC/C=C\CCCCCC)COP(=O)(O)OC[C@@H](O)COP(=O)(O)OC[C@@H](COC(=O)CCCCCCC/C=C\CCCCCC)OC(=O)CCCCCCC/C=C\CCCCCCCC. The summed E-state index contributed by atoms with van der Waals surface area (Å²) in [6.45, 7) is 4.82. The summed E-state index contributed by atoms with van der Waals surface area (Å²) in [6, 6.07) is 0. The Morgan fingerprint density at radius 1 is 0.292 bits per heavy atom. The first-order valence-corrected chi connectivity index (χ1v) is 41.5. The number of hydrogen-bond acceptors (Lipinski definition) is 15. The Morgan fingerprint density at radius 3 is 0.792 bits per heavy atom. The highest BCUT2D eigenvalue weighted by molar-refractivity contribution is 7.47. The van der Waals surface area contributed by atoms with Gasteiger partial charge in [0.05, 0.1) is 26.4 Å². The predicted octanol–water partition coefficient (Wildman–Crippen LogP) is 21.9. The van der Waals surface area contributed by atoms with Crippen molar-refractivity contribution in [2.75, 3.05) is 39.6 Å². The maximum absolute atomic E-state index is 13.1. The molecule has 96 heavy (non-hydrogen) atoms. The first kappa shape index (κ1) is 92.8. The second kappa shape index (κ2) is 70.2. The molecule has 3 N–H and O–H groups in total. The fourth-order valence-corrected chi connectivity index (χ4v) is 12.1. The highest BCUT2D eigenvalue weighted by atomic mass is 31.2. The van der Waals surface area contributed by atoms with Crippen LogP contribution < -0.4 is 0 Å². The van der Waals surface area contributed by atoms with E-state index in [2.05, 4.69) is 88.5 Å². The normalized spacial score (nSPS) is 14.3. The fraction of sp³-hybridized carbons (Fsp3) is 0.818. The van der Waals surface area contributed by atoms with Gasteiger partial charge in [-0.25, -0.2) is 9.13 Å². The lowest BCUT2D eigenvalue weighted by Crippen LogP contribution is -2.30. The molecule has 0 bridgehead atoms. The highest BCUT2D eigenvalue weighted by Gasteiger charge is 2.30. The Hall–Kier alpha value is -3.24. The molecular weight excluding hydrogens is 1260 g/mol. The summed E-state index contributed by atoms with van der Waals surface area (Å²) < 4.78 is 68.4. The van der Waals surface area contributed by atoms with E-state index in [9.17, 15) is 43.2 Å². The quantitative estimate of drug-likeness (QED) is 0.0128. The first-order valence-electron chi connectivity index (χ1n) is 38.5. The second-order valence-electron chi connectivity index (χ2n) is 26.0. The molecule has 0 aliphatic carbocycles. The van der Waals surface area contributed by atoms with Gasteiger partial charge in [-0.3, -0.25) is 37.3 Å². The predicted molar refractivity (Wildman–Crippen MR) is 390 cm³/mol. The third kappa shape index (κ3) is 69.2. The summed E-state index contributed by atoms with van der Waals surface area (Å²) in [5.41, 5.74) is 0. The molecule has 560 valence electrons. The number of hydrogen-bond donors (Lipinski definition) is 3. The van der Waals surface area contributed by atoms with Crippen molar-refractivity contribution in [2.45, 2.75) is 367 Å². The molecular formula is C77H140O17P2. The van der Waals surface area contributed by atoms with E-state index in [1.165, 1.54) is 116 Å². The molecule has 0 rings (SSSR count). The van der Waals surface area contributed by atoms with Gasteiger partial charge in [0.25, 0.3) is 0 Å². The monoisotopic (exact) mass is 1400 g/mol. The highest BCUT2D eigenvalue weighted by Crippen LogP contribution is 2.45. The van der Waals surface area contributed by atoms with E-state index < -0.39 is 97.5 Å². The van der Waals surface area contributed by atoms with Crippen LogP contribution in [0, 0.1) is 0 Å². The van der Waals surface area contributed by atoms with E-state index >= 15 is 0 Å². The largest absolute Gasteiger partial charge is 0.472 e. The van der Waals surface area contributed by atoms with Crippen molar-refractivity contribution >= 4 is 39.5 Å². The molecule has 17 nitrogen and oxygen atoms in total. The maximum atomic E-state index is 13.1. The number of esters is 4. The lowest BCUT2D eigenvalue weighted by Gasteiger charge is -2.21. The Bertz CT molecular complexity index is 2060. The maximum Gasteiger partial charge on any atom is 0.472 e. The molecule has 0 radical (unpaired) electrons.